The number of rotatable bonds is 8. The molecule has 1 aliphatic carbocycles. The average molecular weight is 673 g/mol. The summed E-state index contributed by atoms with van der Waals surface area (Å²) < 4.78 is 72.1. The van der Waals surface area contributed by atoms with Gasteiger partial charge in [-0.15, -0.1) is 10.2 Å². The number of nitrogens with zero attached hydrogens (tertiary/aromatic N) is 6. The van der Waals surface area contributed by atoms with E-state index < -0.39 is 30.2 Å². The van der Waals surface area contributed by atoms with Crippen LogP contribution in [0.1, 0.15) is 5.56 Å². The molecule has 2 heterocycles. The predicted molar refractivity (Wildman–Crippen MR) is 160 cm³/mol. The zero-order chi connectivity index (χ0) is 31.0. The predicted octanol–water partition coefficient (Wildman–Crippen LogP) is -2.27. The number of hydrogen-bond donors (Lipinski definition) is 0. The van der Waals surface area contributed by atoms with E-state index in [-0.39, 0.29) is 64.8 Å². The Labute approximate surface area is 309 Å². The molecule has 0 fully saturated rings. The summed E-state index contributed by atoms with van der Waals surface area (Å²) in [5.41, 5.74) is 3.70. The number of aromatic nitrogens is 6. The Hall–Kier alpha value is -3.02. The third-order valence-corrected chi connectivity index (χ3v) is 10.6. The second-order valence-electron chi connectivity index (χ2n) is 9.80. The molecule has 1 unspecified atom stereocenters. The van der Waals surface area contributed by atoms with Crippen LogP contribution >= 0.6 is 0 Å². The molecule has 0 amide bonds. The molecule has 1 aliphatic rings. The van der Waals surface area contributed by atoms with E-state index in [2.05, 4.69) is 20.4 Å². The van der Waals surface area contributed by atoms with Gasteiger partial charge in [-0.05, 0) is 29.8 Å². The maximum atomic E-state index is 12.6. The van der Waals surface area contributed by atoms with Crippen LogP contribution in [0, 0.1) is 5.92 Å². The molecule has 2 aromatic heterocycles. The van der Waals surface area contributed by atoms with Gasteiger partial charge in [0.05, 0.1) is 23.8 Å². The van der Waals surface area contributed by atoms with Gasteiger partial charge in [-0.3, -0.25) is 0 Å². The fourth-order valence-electron chi connectivity index (χ4n) is 4.80. The molecule has 5 aromatic rings. The molecule has 6 rings (SSSR count). The molecule has 1 atom stereocenters. The van der Waals surface area contributed by atoms with Gasteiger partial charge in [-0.1, -0.05) is 91.0 Å². The minimum atomic E-state index is -5.77. The van der Waals surface area contributed by atoms with Crippen molar-refractivity contribution >= 4 is 32.0 Å². The van der Waals surface area contributed by atoms with Crippen LogP contribution < -0.4 is 59.1 Å². The summed E-state index contributed by atoms with van der Waals surface area (Å²) in [5.74, 6) is -1.64. The largest absolute Gasteiger partial charge is 1.00 e. The molecule has 0 radical (unpaired) electrons. The van der Waals surface area contributed by atoms with Crippen LogP contribution in [0.4, 0.5) is 0 Å². The van der Waals surface area contributed by atoms with Crippen LogP contribution in [0.3, 0.4) is 0 Å². The first-order valence-electron chi connectivity index (χ1n) is 13.1. The summed E-state index contributed by atoms with van der Waals surface area (Å²) in [4.78, 5) is 2.41. The van der Waals surface area contributed by atoms with E-state index >= 15 is 0 Å². The van der Waals surface area contributed by atoms with Gasteiger partial charge in [0.15, 0.2) is 4.08 Å². The summed E-state index contributed by atoms with van der Waals surface area (Å²) >= 11 is 0. The van der Waals surface area contributed by atoms with Crippen LogP contribution in [-0.4, -0.2) is 60.0 Å². The Morgan fingerprint density at radius 3 is 1.72 bits per heavy atom. The minimum Gasteiger partial charge on any atom is -0.746 e. The molecule has 46 heavy (non-hydrogen) atoms. The van der Waals surface area contributed by atoms with Crippen molar-refractivity contribution in [1.29, 1.82) is 0 Å². The molecule has 0 spiro atoms. The van der Waals surface area contributed by atoms with E-state index in [1.165, 1.54) is 29.2 Å². The second kappa shape index (κ2) is 14.4. The van der Waals surface area contributed by atoms with Crippen LogP contribution in [-0.2, 0) is 20.2 Å². The first kappa shape index (κ1) is 35.8. The van der Waals surface area contributed by atoms with Gasteiger partial charge in [0.2, 0.25) is 0 Å². The third-order valence-electron chi connectivity index (χ3n) is 7.04. The standard InChI is InChI=1S/C30H24N6O6S2.2Na/c37-43(38,39)30(44(40,41)42)19-27(36-32-21-29(34-36)24-9-5-2-6-10-24)18-15-25(30)14-11-22-12-16-26(17-13-22)35-31-20-28(33-35)23-7-3-1-4-8-23;;/h1-21,25H,(H,37,38,39)(H,40,41,42);;/q;2*+1/p-2. The van der Waals surface area contributed by atoms with E-state index in [0.717, 1.165) is 16.4 Å². The Bertz CT molecular complexity index is 2100. The molecule has 0 aliphatic heterocycles. The maximum Gasteiger partial charge on any atom is 1.00 e. The van der Waals surface area contributed by atoms with Crippen LogP contribution in [0.15, 0.2) is 122 Å². The van der Waals surface area contributed by atoms with Crippen molar-refractivity contribution in [2.24, 2.45) is 5.92 Å². The first-order chi connectivity index (χ1) is 21.0. The van der Waals surface area contributed by atoms with E-state index in [4.69, 9.17) is 0 Å². The molecule has 0 bridgehead atoms. The number of allylic oxidation sites excluding steroid dienone is 4. The Kier molecular flexibility index (Phi) is 11.2. The molecule has 0 N–H and O–H groups in total. The van der Waals surface area contributed by atoms with Crippen molar-refractivity contribution in [1.82, 2.24) is 30.0 Å². The van der Waals surface area contributed by atoms with Gasteiger partial charge in [-0.2, -0.15) is 19.8 Å². The number of benzene rings is 3. The van der Waals surface area contributed by atoms with E-state index in [0.29, 0.717) is 34.3 Å². The Morgan fingerprint density at radius 2 is 1.20 bits per heavy atom. The van der Waals surface area contributed by atoms with Crippen molar-refractivity contribution in [3.8, 4) is 28.2 Å². The summed E-state index contributed by atoms with van der Waals surface area (Å²) in [7, 11) is -11.5. The summed E-state index contributed by atoms with van der Waals surface area (Å²) in [6.07, 6.45) is 8.76. The van der Waals surface area contributed by atoms with Crippen molar-refractivity contribution in [2.45, 2.75) is 4.08 Å². The monoisotopic (exact) mass is 672 g/mol. The molecule has 12 nitrogen and oxygen atoms in total. The number of hydrogen-bond acceptors (Lipinski definition) is 10. The fourth-order valence-corrected chi connectivity index (χ4v) is 7.31. The maximum absolute atomic E-state index is 12.6. The minimum absolute atomic E-state index is 0. The first-order valence-corrected chi connectivity index (χ1v) is 15.9. The zero-order valence-electron chi connectivity index (χ0n) is 24.7. The van der Waals surface area contributed by atoms with Gasteiger partial charge < -0.3 is 9.11 Å². The van der Waals surface area contributed by atoms with Crippen molar-refractivity contribution < 1.29 is 85.1 Å². The summed E-state index contributed by atoms with van der Waals surface area (Å²) in [6, 6.07) is 25.2. The SMILES string of the molecule is O=S(=O)([O-])C1(S(=O)(=O)[O-])C=C(n2ncc(-c3ccccc3)n2)C=CC1C=Cc1ccc(-n2ncc(-c3ccccc3)n2)cc1.[Na+].[Na+]. The van der Waals surface area contributed by atoms with Gasteiger partial charge >= 0.3 is 59.1 Å². The normalized spacial score (nSPS) is 16.0. The fraction of sp³-hybridized carbons (Fsp3) is 0.0667. The second-order valence-corrected chi connectivity index (χ2v) is 13.2. The Morgan fingerprint density at radius 1 is 0.696 bits per heavy atom. The smallest absolute Gasteiger partial charge is 0.746 e. The van der Waals surface area contributed by atoms with Crippen molar-refractivity contribution in [3.05, 3.63) is 127 Å². The van der Waals surface area contributed by atoms with Crippen LogP contribution in [0.25, 0.3) is 40.0 Å². The van der Waals surface area contributed by atoms with Gasteiger partial charge in [0, 0.05) is 17.0 Å². The van der Waals surface area contributed by atoms with E-state index in [1.807, 2.05) is 36.4 Å². The van der Waals surface area contributed by atoms with E-state index in [1.54, 1.807) is 54.7 Å². The quantitative estimate of drug-likeness (QED) is 0.129. The van der Waals surface area contributed by atoms with Gasteiger partial charge in [-0.25, -0.2) is 16.8 Å². The van der Waals surface area contributed by atoms with Crippen molar-refractivity contribution in [3.63, 3.8) is 0 Å². The molecule has 3 aromatic carbocycles. The molecule has 222 valence electrons. The summed E-state index contributed by atoms with van der Waals surface area (Å²) in [5, 5.41) is 17.1. The molecular weight excluding hydrogens is 650 g/mol. The topological polar surface area (TPSA) is 176 Å². The zero-order valence-corrected chi connectivity index (χ0v) is 30.3. The average Bonchev–Trinajstić information content (AvgIpc) is 3.71. The summed E-state index contributed by atoms with van der Waals surface area (Å²) in [6.45, 7) is 0. The molecular formula is C30H22N6Na2O6S2. The van der Waals surface area contributed by atoms with Crippen molar-refractivity contribution in [2.75, 3.05) is 0 Å². The third kappa shape index (κ3) is 7.11. The molecule has 0 saturated carbocycles. The van der Waals surface area contributed by atoms with Gasteiger partial charge in [0.25, 0.3) is 0 Å². The van der Waals surface area contributed by atoms with Crippen LogP contribution in [0.2, 0.25) is 0 Å². The Balaban J connectivity index is 0.00000240. The molecule has 0 saturated heterocycles. The molecule has 16 heteroatoms. The van der Waals surface area contributed by atoms with Crippen LogP contribution in [0.5, 0.6) is 0 Å². The van der Waals surface area contributed by atoms with E-state index in [9.17, 15) is 25.9 Å². The van der Waals surface area contributed by atoms with Gasteiger partial charge in [0.1, 0.15) is 31.6 Å².